The van der Waals surface area contributed by atoms with Crippen LogP contribution >= 0.6 is 0 Å². The van der Waals surface area contributed by atoms with E-state index in [2.05, 4.69) is 39.7 Å². The Labute approximate surface area is 161 Å². The molecule has 0 amide bonds. The second-order valence-corrected chi connectivity index (χ2v) is 7.88. The van der Waals surface area contributed by atoms with Crippen LogP contribution in [0.1, 0.15) is 46.6 Å². The lowest BCUT2D eigenvalue weighted by molar-refractivity contribution is 0.00578. The molecule has 0 unspecified atom stereocenters. The van der Waals surface area contributed by atoms with E-state index < -0.39 is 7.12 Å². The van der Waals surface area contributed by atoms with Crippen LogP contribution in [0.5, 0.6) is 11.5 Å². The Morgan fingerprint density at radius 3 is 2.44 bits per heavy atom. The van der Waals surface area contributed by atoms with Gasteiger partial charge in [-0.2, -0.15) is 5.10 Å². The molecule has 1 aromatic carbocycles. The molecule has 1 fully saturated rings. The Morgan fingerprint density at radius 1 is 1.11 bits per heavy atom. The van der Waals surface area contributed by atoms with Crippen LogP contribution in [-0.2, 0) is 15.9 Å². The lowest BCUT2D eigenvalue weighted by Gasteiger charge is -2.32. The van der Waals surface area contributed by atoms with Crippen molar-refractivity contribution in [3.05, 3.63) is 36.2 Å². The summed E-state index contributed by atoms with van der Waals surface area (Å²) in [4.78, 5) is 0. The summed E-state index contributed by atoms with van der Waals surface area (Å²) in [7, 11) is 1.24. The summed E-state index contributed by atoms with van der Waals surface area (Å²) in [5.74, 6) is 1.57. The highest BCUT2D eigenvalue weighted by Crippen LogP contribution is 2.37. The van der Waals surface area contributed by atoms with Gasteiger partial charge in [0, 0.05) is 0 Å². The summed E-state index contributed by atoms with van der Waals surface area (Å²) in [5.41, 5.74) is 1.25. The zero-order valence-corrected chi connectivity index (χ0v) is 17.1. The summed E-state index contributed by atoms with van der Waals surface area (Å²) in [6.07, 6.45) is 4.61. The lowest BCUT2D eigenvalue weighted by atomic mass is 9.76. The van der Waals surface area contributed by atoms with Crippen LogP contribution < -0.4 is 14.9 Å². The van der Waals surface area contributed by atoms with E-state index in [0.29, 0.717) is 13.2 Å². The van der Waals surface area contributed by atoms with Crippen LogP contribution in [0.2, 0.25) is 0 Å². The molecule has 146 valence electrons. The molecule has 0 aliphatic carbocycles. The first-order valence-corrected chi connectivity index (χ1v) is 9.43. The van der Waals surface area contributed by atoms with E-state index in [0.717, 1.165) is 28.9 Å². The molecule has 0 N–H and O–H groups in total. The Bertz CT molecular complexity index is 772. The normalized spacial score (nSPS) is 17.9. The maximum absolute atomic E-state index is 6.24. The smallest absolute Gasteiger partial charge is 0.495 e. The third-order valence-electron chi connectivity index (χ3n) is 5.27. The van der Waals surface area contributed by atoms with Gasteiger partial charge < -0.3 is 18.8 Å². The molecule has 3 rings (SSSR count). The van der Waals surface area contributed by atoms with Gasteiger partial charge in [0.05, 0.1) is 43.9 Å². The molecule has 0 bridgehead atoms. The summed E-state index contributed by atoms with van der Waals surface area (Å²) in [6.45, 7) is 11.6. The van der Waals surface area contributed by atoms with E-state index in [9.17, 15) is 0 Å². The van der Waals surface area contributed by atoms with Crippen molar-refractivity contribution in [3.63, 3.8) is 0 Å². The van der Waals surface area contributed by atoms with Crippen LogP contribution in [0, 0.1) is 0 Å². The Kier molecular flexibility index (Phi) is 5.54. The Morgan fingerprint density at radius 2 is 1.81 bits per heavy atom. The van der Waals surface area contributed by atoms with E-state index >= 15 is 0 Å². The predicted octanol–water partition coefficient (Wildman–Crippen LogP) is 3.03. The van der Waals surface area contributed by atoms with Gasteiger partial charge in [-0.25, -0.2) is 0 Å². The second kappa shape index (κ2) is 7.56. The molecule has 1 aromatic heterocycles. The molecule has 0 saturated carbocycles. The average Bonchev–Trinajstić information content (AvgIpc) is 3.14. The predicted molar refractivity (Wildman–Crippen MR) is 106 cm³/mol. The highest BCUT2D eigenvalue weighted by atomic mass is 16.7. The number of methoxy groups -OCH3 is 1. The molecular weight excluding hydrogens is 343 g/mol. The van der Waals surface area contributed by atoms with E-state index in [1.165, 1.54) is 0 Å². The van der Waals surface area contributed by atoms with Crippen molar-refractivity contribution in [2.75, 3.05) is 13.7 Å². The van der Waals surface area contributed by atoms with Gasteiger partial charge in [-0.05, 0) is 57.3 Å². The number of aromatic nitrogens is 2. The van der Waals surface area contributed by atoms with Gasteiger partial charge in [0.2, 0.25) is 0 Å². The summed E-state index contributed by atoms with van der Waals surface area (Å²) >= 11 is 0. The van der Waals surface area contributed by atoms with Crippen LogP contribution in [0.15, 0.2) is 30.6 Å². The van der Waals surface area contributed by atoms with Gasteiger partial charge in [-0.15, -0.1) is 0 Å². The molecule has 0 spiro atoms. The van der Waals surface area contributed by atoms with Gasteiger partial charge in [0.1, 0.15) is 5.75 Å². The number of hydrogen-bond acceptors (Lipinski definition) is 5. The van der Waals surface area contributed by atoms with E-state index in [1.807, 2.05) is 29.1 Å². The van der Waals surface area contributed by atoms with Gasteiger partial charge in [0.25, 0.3) is 0 Å². The molecule has 1 aliphatic heterocycles. The summed E-state index contributed by atoms with van der Waals surface area (Å²) < 4.78 is 25.4. The van der Waals surface area contributed by atoms with E-state index in [4.69, 9.17) is 18.8 Å². The fraction of sp³-hybridized carbons (Fsp3) is 0.550. The fourth-order valence-corrected chi connectivity index (χ4v) is 2.95. The molecule has 1 aliphatic rings. The van der Waals surface area contributed by atoms with Crippen molar-refractivity contribution in [3.8, 4) is 11.5 Å². The quantitative estimate of drug-likeness (QED) is 0.700. The largest absolute Gasteiger partial charge is 0.497 e. The van der Waals surface area contributed by atoms with Gasteiger partial charge in [0.15, 0.2) is 5.75 Å². The molecule has 0 atom stereocenters. The van der Waals surface area contributed by atoms with Gasteiger partial charge in [-0.3, -0.25) is 4.68 Å². The first kappa shape index (κ1) is 19.8. The van der Waals surface area contributed by atoms with Gasteiger partial charge in [-0.1, -0.05) is 13.0 Å². The zero-order chi connectivity index (χ0) is 19.7. The number of rotatable bonds is 7. The Balaban J connectivity index is 1.87. The summed E-state index contributed by atoms with van der Waals surface area (Å²) in [5, 5.41) is 4.41. The molecule has 7 heteroatoms. The minimum Gasteiger partial charge on any atom is -0.497 e. The number of nitrogens with zero attached hydrogens (tertiary/aromatic N) is 2. The highest BCUT2D eigenvalue weighted by molar-refractivity contribution is 6.62. The first-order chi connectivity index (χ1) is 12.8. The molecule has 2 aromatic rings. The van der Waals surface area contributed by atoms with Crippen LogP contribution in [0.25, 0.3) is 0 Å². The molecule has 0 radical (unpaired) electrons. The third kappa shape index (κ3) is 4.14. The molecule has 27 heavy (non-hydrogen) atoms. The van der Waals surface area contributed by atoms with Gasteiger partial charge >= 0.3 is 7.12 Å². The number of ether oxygens (including phenoxy) is 2. The Hall–Kier alpha value is -1.99. The number of benzene rings is 1. The minimum atomic E-state index is -0.428. The molecule has 6 nitrogen and oxygen atoms in total. The van der Waals surface area contributed by atoms with Crippen molar-refractivity contribution in [1.82, 2.24) is 9.78 Å². The van der Waals surface area contributed by atoms with Crippen molar-refractivity contribution in [2.24, 2.45) is 0 Å². The molecule has 1 saturated heterocycles. The van der Waals surface area contributed by atoms with Crippen LogP contribution in [0.3, 0.4) is 0 Å². The zero-order valence-electron chi connectivity index (χ0n) is 17.1. The van der Waals surface area contributed by atoms with Crippen LogP contribution in [0.4, 0.5) is 0 Å². The van der Waals surface area contributed by atoms with E-state index in [1.54, 1.807) is 13.3 Å². The van der Waals surface area contributed by atoms with Crippen LogP contribution in [-0.4, -0.2) is 41.8 Å². The van der Waals surface area contributed by atoms with Crippen molar-refractivity contribution < 1.29 is 18.8 Å². The molecular formula is C20H29BN2O4. The van der Waals surface area contributed by atoms with Crippen molar-refractivity contribution in [1.29, 1.82) is 0 Å². The second-order valence-electron chi connectivity index (χ2n) is 7.88. The lowest BCUT2D eigenvalue weighted by Crippen LogP contribution is -2.41. The standard InChI is InChI=1S/C20H29BN2O4/c1-7-10-25-17-12-22-23(14-17)13-15-11-16(24-6)8-9-18(15)21-26-19(2,3)20(4,5)27-21/h8-9,11-12,14H,7,10,13H2,1-6H3. The number of hydrogen-bond donors (Lipinski definition) is 0. The van der Waals surface area contributed by atoms with Crippen molar-refractivity contribution in [2.45, 2.75) is 58.8 Å². The topological polar surface area (TPSA) is 54.7 Å². The maximum atomic E-state index is 6.24. The fourth-order valence-electron chi connectivity index (χ4n) is 2.95. The molecule has 2 heterocycles. The monoisotopic (exact) mass is 372 g/mol. The van der Waals surface area contributed by atoms with E-state index in [-0.39, 0.29) is 11.2 Å². The SMILES string of the molecule is CCCOc1cnn(Cc2cc(OC)ccc2B2OC(C)(C)C(C)(C)O2)c1. The first-order valence-electron chi connectivity index (χ1n) is 9.43. The van der Waals surface area contributed by atoms with Crippen molar-refractivity contribution >= 4 is 12.6 Å². The highest BCUT2D eigenvalue weighted by Gasteiger charge is 2.52. The summed E-state index contributed by atoms with van der Waals surface area (Å²) in [6, 6.07) is 5.95. The minimum absolute atomic E-state index is 0.387. The average molecular weight is 372 g/mol. The maximum Gasteiger partial charge on any atom is 0.495 e. The third-order valence-corrected chi connectivity index (χ3v) is 5.27.